The van der Waals surface area contributed by atoms with Crippen LogP contribution >= 0.6 is 12.2 Å². The van der Waals surface area contributed by atoms with Crippen LogP contribution in [0.4, 0.5) is 4.39 Å². The van der Waals surface area contributed by atoms with Gasteiger partial charge in [-0.05, 0) is 12.0 Å². The van der Waals surface area contributed by atoms with Crippen molar-refractivity contribution < 1.29 is 9.18 Å². The lowest BCUT2D eigenvalue weighted by Gasteiger charge is -2.20. The van der Waals surface area contributed by atoms with Gasteiger partial charge in [0.25, 0.3) is 5.91 Å². The van der Waals surface area contributed by atoms with Crippen LogP contribution in [0.15, 0.2) is 18.5 Å². The minimum atomic E-state index is -0.561. The zero-order chi connectivity index (χ0) is 13.0. The first-order chi connectivity index (χ1) is 7.91. The molecule has 0 radical (unpaired) electrons. The molecule has 1 amide bonds. The number of nitrogens with one attached hydrogen (secondary N) is 1. The molecule has 1 atom stereocenters. The van der Waals surface area contributed by atoms with Gasteiger partial charge in [0.05, 0.1) is 22.8 Å². The first-order valence-corrected chi connectivity index (χ1v) is 5.53. The summed E-state index contributed by atoms with van der Waals surface area (Å²) in [6.45, 7) is 3.77. The van der Waals surface area contributed by atoms with Crippen molar-refractivity contribution in [3.8, 4) is 0 Å². The van der Waals surface area contributed by atoms with E-state index in [0.717, 1.165) is 12.3 Å². The molecule has 0 aliphatic carbocycles. The average molecular weight is 255 g/mol. The highest BCUT2D eigenvalue weighted by Gasteiger charge is 2.19. The van der Waals surface area contributed by atoms with Crippen LogP contribution in [0.1, 0.15) is 24.2 Å². The standard InChI is InChI=1S/C11H14FN3OS/c1-6(2)9(10(13)17)15-11(16)7-3-8(12)5-14-4-7/h3-6,9H,1-2H3,(H2,13,17)(H,15,16). The third-order valence-electron chi connectivity index (χ3n) is 2.23. The van der Waals surface area contributed by atoms with Gasteiger partial charge in [-0.25, -0.2) is 4.39 Å². The van der Waals surface area contributed by atoms with E-state index in [0.29, 0.717) is 0 Å². The van der Waals surface area contributed by atoms with Crippen LogP contribution in [0, 0.1) is 11.7 Å². The predicted octanol–water partition coefficient (Wildman–Crippen LogP) is 1.26. The molecule has 1 rings (SSSR count). The molecule has 0 bridgehead atoms. The van der Waals surface area contributed by atoms with Gasteiger partial charge in [0.15, 0.2) is 0 Å². The number of nitrogens with two attached hydrogens (primary N) is 1. The molecule has 0 saturated carbocycles. The summed E-state index contributed by atoms with van der Waals surface area (Å²) in [7, 11) is 0. The van der Waals surface area contributed by atoms with Gasteiger partial charge in [-0.3, -0.25) is 9.78 Å². The number of thiocarbonyl (C=S) groups is 1. The van der Waals surface area contributed by atoms with Crippen molar-refractivity contribution in [2.24, 2.45) is 11.7 Å². The lowest BCUT2D eigenvalue weighted by atomic mass is 10.0. The van der Waals surface area contributed by atoms with E-state index in [1.54, 1.807) is 0 Å². The predicted molar refractivity (Wildman–Crippen MR) is 67.1 cm³/mol. The zero-order valence-electron chi connectivity index (χ0n) is 9.61. The fourth-order valence-corrected chi connectivity index (χ4v) is 1.66. The first-order valence-electron chi connectivity index (χ1n) is 5.12. The number of aromatic nitrogens is 1. The zero-order valence-corrected chi connectivity index (χ0v) is 10.4. The fourth-order valence-electron chi connectivity index (χ4n) is 1.33. The third-order valence-corrected chi connectivity index (χ3v) is 2.48. The van der Waals surface area contributed by atoms with Gasteiger partial charge in [0.2, 0.25) is 0 Å². The summed E-state index contributed by atoms with van der Waals surface area (Å²) >= 11 is 4.86. The quantitative estimate of drug-likeness (QED) is 0.795. The number of carbonyl (C=O) groups excluding carboxylic acids is 1. The number of nitrogens with zero attached hydrogens (tertiary/aromatic N) is 1. The smallest absolute Gasteiger partial charge is 0.253 e. The first kappa shape index (κ1) is 13.5. The highest BCUT2D eigenvalue weighted by atomic mass is 32.1. The van der Waals surface area contributed by atoms with Crippen molar-refractivity contribution in [2.75, 3.05) is 0 Å². The Morgan fingerprint density at radius 3 is 2.65 bits per heavy atom. The molecular weight excluding hydrogens is 241 g/mol. The fraction of sp³-hybridized carbons (Fsp3) is 0.364. The minimum absolute atomic E-state index is 0.0676. The molecule has 0 spiro atoms. The Morgan fingerprint density at radius 2 is 2.18 bits per heavy atom. The monoisotopic (exact) mass is 255 g/mol. The van der Waals surface area contributed by atoms with Crippen molar-refractivity contribution in [1.29, 1.82) is 0 Å². The molecule has 17 heavy (non-hydrogen) atoms. The van der Waals surface area contributed by atoms with Crippen molar-refractivity contribution in [2.45, 2.75) is 19.9 Å². The molecule has 0 aliphatic heterocycles. The Balaban J connectivity index is 2.81. The molecule has 1 heterocycles. The van der Waals surface area contributed by atoms with Gasteiger partial charge in [0, 0.05) is 6.20 Å². The maximum atomic E-state index is 12.9. The van der Waals surface area contributed by atoms with Gasteiger partial charge >= 0.3 is 0 Å². The summed E-state index contributed by atoms with van der Waals surface area (Å²) in [4.78, 5) is 15.6. The van der Waals surface area contributed by atoms with E-state index >= 15 is 0 Å². The molecule has 0 saturated heterocycles. The van der Waals surface area contributed by atoms with E-state index in [1.165, 1.54) is 6.20 Å². The molecule has 1 unspecified atom stereocenters. The third kappa shape index (κ3) is 3.74. The van der Waals surface area contributed by atoms with Crippen LogP contribution < -0.4 is 11.1 Å². The van der Waals surface area contributed by atoms with E-state index in [-0.39, 0.29) is 16.5 Å². The summed E-state index contributed by atoms with van der Waals surface area (Å²) in [6, 6.07) is 0.694. The average Bonchev–Trinajstić information content (AvgIpc) is 2.24. The number of carbonyl (C=O) groups is 1. The number of pyridine rings is 1. The minimum Gasteiger partial charge on any atom is -0.392 e. The molecule has 0 aliphatic rings. The second kappa shape index (κ2) is 5.67. The van der Waals surface area contributed by atoms with Crippen LogP contribution in [-0.4, -0.2) is 21.9 Å². The van der Waals surface area contributed by atoms with E-state index in [4.69, 9.17) is 18.0 Å². The largest absolute Gasteiger partial charge is 0.392 e. The molecular formula is C11H14FN3OS. The highest BCUT2D eigenvalue weighted by molar-refractivity contribution is 7.80. The van der Waals surface area contributed by atoms with Crippen molar-refractivity contribution >= 4 is 23.1 Å². The Hall–Kier alpha value is -1.56. The van der Waals surface area contributed by atoms with E-state index in [9.17, 15) is 9.18 Å². The van der Waals surface area contributed by atoms with Gasteiger partial charge < -0.3 is 11.1 Å². The van der Waals surface area contributed by atoms with Crippen LogP contribution in [0.2, 0.25) is 0 Å². The number of rotatable bonds is 4. The van der Waals surface area contributed by atoms with E-state index in [2.05, 4.69) is 10.3 Å². The van der Waals surface area contributed by atoms with Crippen molar-refractivity contribution in [1.82, 2.24) is 10.3 Å². The van der Waals surface area contributed by atoms with E-state index < -0.39 is 17.8 Å². The van der Waals surface area contributed by atoms with Gasteiger partial charge in [-0.15, -0.1) is 0 Å². The molecule has 6 heteroatoms. The molecule has 0 aromatic carbocycles. The van der Waals surface area contributed by atoms with Crippen LogP contribution in [0.25, 0.3) is 0 Å². The molecule has 1 aromatic rings. The maximum absolute atomic E-state index is 12.9. The molecule has 92 valence electrons. The molecule has 0 fully saturated rings. The second-order valence-electron chi connectivity index (χ2n) is 3.99. The molecule has 1 aromatic heterocycles. The molecule has 4 nitrogen and oxygen atoms in total. The molecule has 3 N–H and O–H groups in total. The van der Waals surface area contributed by atoms with Gasteiger partial charge in [-0.2, -0.15) is 0 Å². The van der Waals surface area contributed by atoms with Crippen LogP contribution in [0.5, 0.6) is 0 Å². The van der Waals surface area contributed by atoms with Crippen LogP contribution in [0.3, 0.4) is 0 Å². The Bertz CT molecular complexity index is 436. The van der Waals surface area contributed by atoms with E-state index in [1.807, 2.05) is 13.8 Å². The normalized spacial score (nSPS) is 12.2. The van der Waals surface area contributed by atoms with Crippen LogP contribution in [-0.2, 0) is 0 Å². The summed E-state index contributed by atoms with van der Waals surface area (Å²) in [6.07, 6.45) is 2.32. The lowest BCUT2D eigenvalue weighted by molar-refractivity contribution is 0.0939. The topological polar surface area (TPSA) is 68.0 Å². The number of hydrogen-bond donors (Lipinski definition) is 2. The Labute approximate surface area is 104 Å². The maximum Gasteiger partial charge on any atom is 0.253 e. The highest BCUT2D eigenvalue weighted by Crippen LogP contribution is 2.05. The van der Waals surface area contributed by atoms with Gasteiger partial charge in [-0.1, -0.05) is 26.1 Å². The number of halogens is 1. The van der Waals surface area contributed by atoms with Gasteiger partial charge in [0.1, 0.15) is 5.82 Å². The number of amides is 1. The summed E-state index contributed by atoms with van der Waals surface area (Å²) in [5.41, 5.74) is 5.67. The van der Waals surface area contributed by atoms with Crippen molar-refractivity contribution in [3.05, 3.63) is 29.8 Å². The Kier molecular flexibility index (Phi) is 4.51. The summed E-state index contributed by atoms with van der Waals surface area (Å²) < 4.78 is 12.9. The lowest BCUT2D eigenvalue weighted by Crippen LogP contribution is -2.46. The Morgan fingerprint density at radius 1 is 1.53 bits per heavy atom. The second-order valence-corrected chi connectivity index (χ2v) is 4.46. The number of hydrogen-bond acceptors (Lipinski definition) is 3. The summed E-state index contributed by atoms with van der Waals surface area (Å²) in [5.74, 6) is -0.935. The summed E-state index contributed by atoms with van der Waals surface area (Å²) in [5, 5.41) is 2.65. The van der Waals surface area contributed by atoms with Crippen molar-refractivity contribution in [3.63, 3.8) is 0 Å². The SMILES string of the molecule is CC(C)C(NC(=O)c1cncc(F)c1)C(N)=S.